The van der Waals surface area contributed by atoms with Crippen LogP contribution >= 0.6 is 0 Å². The Kier molecular flexibility index (Phi) is 4.51. The number of urea groups is 1. The van der Waals surface area contributed by atoms with Gasteiger partial charge < -0.3 is 10.5 Å². The summed E-state index contributed by atoms with van der Waals surface area (Å²) in [6.07, 6.45) is 1.47. The van der Waals surface area contributed by atoms with E-state index in [1.54, 1.807) is 48.5 Å². The normalized spacial score (nSPS) is 10.0. The van der Waals surface area contributed by atoms with E-state index in [0.717, 1.165) is 5.56 Å². The molecule has 0 saturated heterocycles. The number of nitrogens with two attached hydrogens (primary N) is 1. The Balaban J connectivity index is 2.00. The summed E-state index contributed by atoms with van der Waals surface area (Å²) >= 11 is 0. The molecular weight excluding hydrogens is 268 g/mol. The Hall–Kier alpha value is -3.33. The monoisotopic (exact) mass is 280 g/mol. The zero-order valence-electron chi connectivity index (χ0n) is 11.0. The zero-order valence-corrected chi connectivity index (χ0v) is 11.0. The van der Waals surface area contributed by atoms with Crippen molar-refractivity contribution in [2.45, 2.75) is 0 Å². The van der Waals surface area contributed by atoms with Gasteiger partial charge in [0.05, 0.1) is 17.8 Å². The Morgan fingerprint density at radius 2 is 1.71 bits per heavy atom. The number of primary amides is 1. The lowest BCUT2D eigenvalue weighted by atomic mass is 10.2. The van der Waals surface area contributed by atoms with E-state index in [4.69, 9.17) is 15.7 Å². The number of hydrogen-bond donors (Lipinski definition) is 2. The Labute approximate surface area is 121 Å². The average Bonchev–Trinajstić information content (AvgIpc) is 2.49. The predicted octanol–water partition coefficient (Wildman–Crippen LogP) is 2.35. The molecular formula is C15H12N4O2. The third-order valence-corrected chi connectivity index (χ3v) is 2.49. The second-order valence-corrected chi connectivity index (χ2v) is 4.04. The van der Waals surface area contributed by atoms with Crippen molar-refractivity contribution in [1.29, 1.82) is 5.26 Å². The summed E-state index contributed by atoms with van der Waals surface area (Å²) in [6.45, 7) is 0. The molecule has 0 spiro atoms. The predicted molar refractivity (Wildman–Crippen MR) is 78.0 cm³/mol. The largest absolute Gasteiger partial charge is 0.457 e. The summed E-state index contributed by atoms with van der Waals surface area (Å²) < 4.78 is 5.63. The van der Waals surface area contributed by atoms with Gasteiger partial charge in [0.1, 0.15) is 11.5 Å². The lowest BCUT2D eigenvalue weighted by Gasteiger charge is -2.05. The van der Waals surface area contributed by atoms with Gasteiger partial charge in [-0.3, -0.25) is 0 Å². The summed E-state index contributed by atoms with van der Waals surface area (Å²) in [5.41, 5.74) is 8.36. The van der Waals surface area contributed by atoms with Gasteiger partial charge in [-0.15, -0.1) is 0 Å². The number of ether oxygens (including phenoxy) is 1. The molecule has 0 aliphatic carbocycles. The van der Waals surface area contributed by atoms with Crippen LogP contribution < -0.4 is 15.9 Å². The van der Waals surface area contributed by atoms with Crippen LogP contribution in [0.15, 0.2) is 53.6 Å². The molecule has 104 valence electrons. The quantitative estimate of drug-likeness (QED) is 0.664. The lowest BCUT2D eigenvalue weighted by molar-refractivity contribution is 0.249. The van der Waals surface area contributed by atoms with Gasteiger partial charge in [0.25, 0.3) is 0 Å². The zero-order chi connectivity index (χ0) is 15.1. The summed E-state index contributed by atoms with van der Waals surface area (Å²) in [4.78, 5) is 10.4. The molecule has 0 aliphatic rings. The Morgan fingerprint density at radius 1 is 1.14 bits per heavy atom. The number of benzene rings is 2. The van der Waals surface area contributed by atoms with Crippen molar-refractivity contribution >= 4 is 12.2 Å². The number of carbonyl (C=O) groups is 1. The van der Waals surface area contributed by atoms with Crippen LogP contribution in [0.25, 0.3) is 0 Å². The number of nitrogens with zero attached hydrogens (tertiary/aromatic N) is 2. The molecule has 0 saturated carbocycles. The van der Waals surface area contributed by atoms with Gasteiger partial charge in [0, 0.05) is 0 Å². The van der Waals surface area contributed by atoms with E-state index in [-0.39, 0.29) is 0 Å². The van der Waals surface area contributed by atoms with Crippen molar-refractivity contribution < 1.29 is 9.53 Å². The van der Waals surface area contributed by atoms with E-state index in [1.165, 1.54) is 6.21 Å². The Bertz CT molecular complexity index is 685. The highest BCUT2D eigenvalue weighted by molar-refractivity contribution is 5.81. The molecule has 2 rings (SSSR count). The van der Waals surface area contributed by atoms with E-state index in [9.17, 15) is 4.79 Å². The molecule has 0 fully saturated rings. The molecule has 0 heterocycles. The first kappa shape index (κ1) is 14.1. The van der Waals surface area contributed by atoms with Crippen molar-refractivity contribution in [2.24, 2.45) is 10.8 Å². The fourth-order valence-electron chi connectivity index (χ4n) is 1.53. The van der Waals surface area contributed by atoms with Crippen molar-refractivity contribution in [3.63, 3.8) is 0 Å². The van der Waals surface area contributed by atoms with Crippen LogP contribution in [0.3, 0.4) is 0 Å². The Morgan fingerprint density at radius 3 is 2.24 bits per heavy atom. The van der Waals surface area contributed by atoms with Crippen LogP contribution in [-0.4, -0.2) is 12.2 Å². The maximum atomic E-state index is 10.4. The third kappa shape index (κ3) is 4.36. The van der Waals surface area contributed by atoms with Crippen LogP contribution in [0.1, 0.15) is 11.1 Å². The summed E-state index contributed by atoms with van der Waals surface area (Å²) in [7, 11) is 0. The maximum absolute atomic E-state index is 10.4. The van der Waals surface area contributed by atoms with E-state index in [0.29, 0.717) is 17.1 Å². The molecule has 2 aromatic carbocycles. The van der Waals surface area contributed by atoms with E-state index in [2.05, 4.69) is 10.5 Å². The fourth-order valence-corrected chi connectivity index (χ4v) is 1.53. The van der Waals surface area contributed by atoms with E-state index in [1.807, 2.05) is 6.07 Å². The van der Waals surface area contributed by atoms with Crippen LogP contribution in [0.5, 0.6) is 11.5 Å². The maximum Gasteiger partial charge on any atom is 0.332 e. The van der Waals surface area contributed by atoms with Crippen molar-refractivity contribution in [1.82, 2.24) is 5.43 Å². The van der Waals surface area contributed by atoms with Gasteiger partial charge in [-0.1, -0.05) is 0 Å². The molecule has 0 aromatic heterocycles. The minimum atomic E-state index is -0.716. The first-order valence-electron chi connectivity index (χ1n) is 6.04. The first-order valence-corrected chi connectivity index (χ1v) is 6.04. The summed E-state index contributed by atoms with van der Waals surface area (Å²) in [6, 6.07) is 15.3. The van der Waals surface area contributed by atoms with E-state index >= 15 is 0 Å². The van der Waals surface area contributed by atoms with Gasteiger partial charge in [-0.05, 0) is 54.1 Å². The molecule has 2 aromatic rings. The molecule has 0 radical (unpaired) electrons. The second-order valence-electron chi connectivity index (χ2n) is 4.04. The standard InChI is InChI=1S/C15H12N4O2/c16-9-11-1-5-13(6-2-11)21-14-7-3-12(4-8-14)10-18-19-15(17)20/h1-8,10H,(H3,17,19,20)/b18-10+. The minimum absolute atomic E-state index is 0.580. The molecule has 21 heavy (non-hydrogen) atoms. The highest BCUT2D eigenvalue weighted by Gasteiger charge is 1.98. The molecule has 6 nitrogen and oxygen atoms in total. The van der Waals surface area contributed by atoms with Crippen molar-refractivity contribution in [2.75, 3.05) is 0 Å². The third-order valence-electron chi connectivity index (χ3n) is 2.49. The highest BCUT2D eigenvalue weighted by Crippen LogP contribution is 2.21. The van der Waals surface area contributed by atoms with Crippen molar-refractivity contribution in [3.05, 3.63) is 59.7 Å². The summed E-state index contributed by atoms with van der Waals surface area (Å²) in [5, 5.41) is 12.4. The number of carbonyl (C=O) groups excluding carboxylic acids is 1. The summed E-state index contributed by atoms with van der Waals surface area (Å²) in [5.74, 6) is 1.30. The van der Waals surface area contributed by atoms with Crippen LogP contribution in [0, 0.1) is 11.3 Å². The molecule has 6 heteroatoms. The minimum Gasteiger partial charge on any atom is -0.457 e. The number of amides is 2. The van der Waals surface area contributed by atoms with Crippen LogP contribution in [-0.2, 0) is 0 Å². The second kappa shape index (κ2) is 6.73. The molecule has 0 atom stereocenters. The molecule has 0 aliphatic heterocycles. The SMILES string of the molecule is N#Cc1ccc(Oc2ccc(/C=N/NC(N)=O)cc2)cc1. The van der Waals surface area contributed by atoms with Crippen LogP contribution in [0.4, 0.5) is 4.79 Å². The topological polar surface area (TPSA) is 100 Å². The van der Waals surface area contributed by atoms with Gasteiger partial charge in [0.2, 0.25) is 0 Å². The molecule has 2 amide bonds. The number of nitrogens with one attached hydrogen (secondary N) is 1. The fraction of sp³-hybridized carbons (Fsp3) is 0. The first-order chi connectivity index (χ1) is 10.2. The van der Waals surface area contributed by atoms with Gasteiger partial charge in [0.15, 0.2) is 0 Å². The highest BCUT2D eigenvalue weighted by atomic mass is 16.5. The van der Waals surface area contributed by atoms with Gasteiger partial charge >= 0.3 is 6.03 Å². The van der Waals surface area contributed by atoms with Crippen LogP contribution in [0.2, 0.25) is 0 Å². The smallest absolute Gasteiger partial charge is 0.332 e. The molecule has 0 bridgehead atoms. The van der Waals surface area contributed by atoms with E-state index < -0.39 is 6.03 Å². The molecule has 3 N–H and O–H groups in total. The van der Waals surface area contributed by atoms with Gasteiger partial charge in [-0.25, -0.2) is 10.2 Å². The number of nitriles is 1. The van der Waals surface area contributed by atoms with Gasteiger partial charge in [-0.2, -0.15) is 10.4 Å². The lowest BCUT2D eigenvalue weighted by Crippen LogP contribution is -2.24. The number of rotatable bonds is 4. The average molecular weight is 280 g/mol. The molecule has 0 unspecified atom stereocenters. The number of hydrazone groups is 1. The number of hydrogen-bond acceptors (Lipinski definition) is 4. The van der Waals surface area contributed by atoms with Crippen molar-refractivity contribution in [3.8, 4) is 17.6 Å².